The molecule has 0 saturated heterocycles. The molecule has 14 heavy (non-hydrogen) atoms. The van der Waals surface area contributed by atoms with Crippen LogP contribution in [0.5, 0.6) is 0 Å². The Labute approximate surface area is 89.1 Å². The van der Waals surface area contributed by atoms with Gasteiger partial charge in [0.1, 0.15) is 10.8 Å². The van der Waals surface area contributed by atoms with Gasteiger partial charge in [-0.2, -0.15) is 0 Å². The van der Waals surface area contributed by atoms with Crippen molar-refractivity contribution in [2.24, 2.45) is 0 Å². The van der Waals surface area contributed by atoms with Crippen LogP contribution in [0.15, 0.2) is 17.4 Å². The number of rotatable bonds is 5. The van der Waals surface area contributed by atoms with E-state index in [1.165, 1.54) is 0 Å². The second-order valence-corrected chi connectivity index (χ2v) is 4.26. The third kappa shape index (κ3) is 3.93. The van der Waals surface area contributed by atoms with Gasteiger partial charge >= 0.3 is 0 Å². The molecule has 0 aliphatic carbocycles. The van der Waals surface area contributed by atoms with E-state index >= 15 is 0 Å². The molecule has 1 heterocycles. The maximum Gasteiger partial charge on any atom is 0.145 e. The predicted octanol–water partition coefficient (Wildman–Crippen LogP) is 1.17. The lowest BCUT2D eigenvalue weighted by molar-refractivity contribution is 0.437. The lowest BCUT2D eigenvalue weighted by Crippen LogP contribution is -2.14. The lowest BCUT2D eigenvalue weighted by atomic mass is 10.7. The van der Waals surface area contributed by atoms with Crippen LogP contribution in [0.3, 0.4) is 0 Å². The second kappa shape index (κ2) is 5.82. The average Bonchev–Trinajstić information content (AvgIpc) is 2.18. The molecule has 0 saturated carbocycles. The van der Waals surface area contributed by atoms with Crippen LogP contribution in [0.2, 0.25) is 0 Å². The summed E-state index contributed by atoms with van der Waals surface area (Å²) in [5, 5.41) is 3.94. The zero-order valence-electron chi connectivity index (χ0n) is 8.82. The van der Waals surface area contributed by atoms with Crippen molar-refractivity contribution in [3.05, 3.63) is 12.4 Å². The number of nitrogens with zero attached hydrogens (tertiary/aromatic N) is 3. The van der Waals surface area contributed by atoms with E-state index in [9.17, 15) is 0 Å². The topological polar surface area (TPSA) is 41.1 Å². The Morgan fingerprint density at radius 3 is 2.86 bits per heavy atom. The highest BCUT2D eigenvalue weighted by atomic mass is 32.2. The first-order valence-electron chi connectivity index (χ1n) is 4.49. The quantitative estimate of drug-likeness (QED) is 0.742. The summed E-state index contributed by atoms with van der Waals surface area (Å²) >= 11 is 1.72. The number of hydrogen-bond donors (Lipinski definition) is 1. The van der Waals surface area contributed by atoms with Crippen LogP contribution in [0.1, 0.15) is 0 Å². The van der Waals surface area contributed by atoms with Crippen LogP contribution < -0.4 is 5.32 Å². The number of nitrogens with one attached hydrogen (secondary N) is 1. The molecule has 0 aliphatic heterocycles. The van der Waals surface area contributed by atoms with Crippen LogP contribution in [-0.2, 0) is 0 Å². The highest BCUT2D eigenvalue weighted by Gasteiger charge is 1.98. The maximum absolute atomic E-state index is 4.36. The Kier molecular flexibility index (Phi) is 4.69. The van der Waals surface area contributed by atoms with Crippen LogP contribution in [-0.4, -0.2) is 48.3 Å². The van der Waals surface area contributed by atoms with Gasteiger partial charge in [0.15, 0.2) is 0 Å². The SMILES string of the molecule is CNc1cncc(SCCN(C)C)n1. The Bertz CT molecular complexity index is 277. The third-order valence-corrected chi connectivity index (χ3v) is 2.54. The molecule has 0 bridgehead atoms. The molecule has 1 N–H and O–H groups in total. The highest BCUT2D eigenvalue weighted by molar-refractivity contribution is 7.99. The molecule has 1 rings (SSSR count). The molecule has 0 unspecified atom stereocenters. The third-order valence-electron chi connectivity index (χ3n) is 1.66. The first-order chi connectivity index (χ1) is 6.72. The largest absolute Gasteiger partial charge is 0.372 e. The smallest absolute Gasteiger partial charge is 0.145 e. The molecular formula is C9H16N4S. The van der Waals surface area contributed by atoms with E-state index in [2.05, 4.69) is 34.3 Å². The van der Waals surface area contributed by atoms with Crippen LogP contribution in [0.4, 0.5) is 5.82 Å². The zero-order chi connectivity index (χ0) is 10.4. The van der Waals surface area contributed by atoms with Crippen molar-refractivity contribution in [3.63, 3.8) is 0 Å². The fourth-order valence-corrected chi connectivity index (χ4v) is 1.83. The van der Waals surface area contributed by atoms with E-state index in [4.69, 9.17) is 0 Å². The molecular weight excluding hydrogens is 196 g/mol. The molecule has 4 nitrogen and oxygen atoms in total. The van der Waals surface area contributed by atoms with Gasteiger partial charge in [-0.05, 0) is 14.1 Å². The summed E-state index contributed by atoms with van der Waals surface area (Å²) in [6, 6.07) is 0. The van der Waals surface area contributed by atoms with Crippen molar-refractivity contribution in [3.8, 4) is 0 Å². The van der Waals surface area contributed by atoms with Crippen LogP contribution >= 0.6 is 11.8 Å². The van der Waals surface area contributed by atoms with Gasteiger partial charge in [-0.15, -0.1) is 11.8 Å². The molecule has 5 heteroatoms. The van der Waals surface area contributed by atoms with Crippen molar-refractivity contribution < 1.29 is 0 Å². The molecule has 0 amide bonds. The van der Waals surface area contributed by atoms with E-state index in [1.807, 2.05) is 7.05 Å². The number of anilines is 1. The predicted molar refractivity (Wildman–Crippen MR) is 60.9 cm³/mol. The maximum atomic E-state index is 4.36. The second-order valence-electron chi connectivity index (χ2n) is 3.14. The van der Waals surface area contributed by atoms with Gasteiger partial charge < -0.3 is 10.2 Å². The van der Waals surface area contributed by atoms with Crippen molar-refractivity contribution in [2.45, 2.75) is 5.03 Å². The Hall–Kier alpha value is -0.810. The van der Waals surface area contributed by atoms with E-state index in [0.29, 0.717) is 0 Å². The lowest BCUT2D eigenvalue weighted by Gasteiger charge is -2.08. The van der Waals surface area contributed by atoms with Gasteiger partial charge in [-0.25, -0.2) is 4.98 Å². The van der Waals surface area contributed by atoms with Crippen molar-refractivity contribution in [1.82, 2.24) is 14.9 Å². The fourth-order valence-electron chi connectivity index (χ4n) is 0.871. The minimum absolute atomic E-state index is 0.819. The van der Waals surface area contributed by atoms with Gasteiger partial charge in [-0.3, -0.25) is 4.98 Å². The summed E-state index contributed by atoms with van der Waals surface area (Å²) in [4.78, 5) is 10.6. The van der Waals surface area contributed by atoms with Gasteiger partial charge in [0.25, 0.3) is 0 Å². The number of aromatic nitrogens is 2. The molecule has 0 spiro atoms. The summed E-state index contributed by atoms with van der Waals surface area (Å²) in [7, 11) is 5.98. The van der Waals surface area contributed by atoms with Gasteiger partial charge in [0, 0.05) is 19.3 Å². The summed E-state index contributed by atoms with van der Waals surface area (Å²) in [6.07, 6.45) is 3.51. The van der Waals surface area contributed by atoms with E-state index in [-0.39, 0.29) is 0 Å². The molecule has 1 aromatic rings. The molecule has 0 aliphatic rings. The average molecular weight is 212 g/mol. The summed E-state index contributed by atoms with van der Waals surface area (Å²) in [5.74, 6) is 1.86. The van der Waals surface area contributed by atoms with Crippen molar-refractivity contribution in [2.75, 3.05) is 38.8 Å². The normalized spacial score (nSPS) is 10.6. The van der Waals surface area contributed by atoms with E-state index < -0.39 is 0 Å². The Morgan fingerprint density at radius 2 is 2.21 bits per heavy atom. The zero-order valence-corrected chi connectivity index (χ0v) is 9.64. The molecule has 1 aromatic heterocycles. The van der Waals surface area contributed by atoms with Gasteiger partial charge in [0.05, 0.1) is 12.4 Å². The molecule has 0 atom stereocenters. The fraction of sp³-hybridized carbons (Fsp3) is 0.556. The Morgan fingerprint density at radius 1 is 1.43 bits per heavy atom. The first kappa shape index (κ1) is 11.3. The number of thioether (sulfide) groups is 1. The van der Waals surface area contributed by atoms with Crippen LogP contribution in [0, 0.1) is 0 Å². The first-order valence-corrected chi connectivity index (χ1v) is 5.48. The monoisotopic (exact) mass is 212 g/mol. The minimum atomic E-state index is 0.819. The Balaban J connectivity index is 2.42. The standard InChI is InChI=1S/C9H16N4S/c1-10-8-6-11-7-9(12-8)14-5-4-13(2)3/h6-7H,4-5H2,1-3H3,(H,10,12). The minimum Gasteiger partial charge on any atom is -0.372 e. The highest BCUT2D eigenvalue weighted by Crippen LogP contribution is 2.15. The summed E-state index contributed by atoms with van der Waals surface area (Å²) < 4.78 is 0. The van der Waals surface area contributed by atoms with Crippen molar-refractivity contribution in [1.29, 1.82) is 0 Å². The van der Waals surface area contributed by atoms with Gasteiger partial charge in [-0.1, -0.05) is 0 Å². The molecule has 0 radical (unpaired) electrons. The molecule has 0 fully saturated rings. The number of hydrogen-bond acceptors (Lipinski definition) is 5. The van der Waals surface area contributed by atoms with Crippen molar-refractivity contribution >= 4 is 17.6 Å². The van der Waals surface area contributed by atoms with E-state index in [1.54, 1.807) is 24.2 Å². The van der Waals surface area contributed by atoms with Gasteiger partial charge in [0.2, 0.25) is 0 Å². The molecule has 0 aromatic carbocycles. The van der Waals surface area contributed by atoms with Crippen LogP contribution in [0.25, 0.3) is 0 Å². The summed E-state index contributed by atoms with van der Waals surface area (Å²) in [5.41, 5.74) is 0. The molecule has 78 valence electrons. The summed E-state index contributed by atoms with van der Waals surface area (Å²) in [6.45, 7) is 1.05. The van der Waals surface area contributed by atoms with E-state index in [0.717, 1.165) is 23.1 Å².